The van der Waals surface area contributed by atoms with Crippen LogP contribution in [0.15, 0.2) is 18.2 Å². The van der Waals surface area contributed by atoms with Crippen LogP contribution in [0.5, 0.6) is 0 Å². The van der Waals surface area contributed by atoms with Crippen LogP contribution in [0.25, 0.3) is 0 Å². The number of hydrogen-bond acceptors (Lipinski definition) is 3. The van der Waals surface area contributed by atoms with Gasteiger partial charge in [-0.05, 0) is 37.5 Å². The molecule has 1 aromatic rings. The lowest BCUT2D eigenvalue weighted by Gasteiger charge is -2.07. The van der Waals surface area contributed by atoms with Crippen LogP contribution < -0.4 is 0 Å². The normalized spacial score (nSPS) is 10.2. The number of rotatable bonds is 6. The molecule has 0 N–H and O–H groups in total. The number of ketones is 3. The topological polar surface area (TPSA) is 51.2 Å². The highest BCUT2D eigenvalue weighted by atomic mass is 16.1. The Bertz CT molecular complexity index is 403. The summed E-state index contributed by atoms with van der Waals surface area (Å²) in [7, 11) is 0. The zero-order valence-electron chi connectivity index (χ0n) is 11.1. The van der Waals surface area contributed by atoms with E-state index in [1.54, 1.807) is 0 Å². The van der Waals surface area contributed by atoms with Gasteiger partial charge < -0.3 is 0 Å². The summed E-state index contributed by atoms with van der Waals surface area (Å²) in [6.45, 7) is 4.59. The minimum absolute atomic E-state index is 0.0729. The van der Waals surface area contributed by atoms with Gasteiger partial charge in [-0.1, -0.05) is 18.2 Å². The van der Waals surface area contributed by atoms with E-state index < -0.39 is 0 Å². The van der Waals surface area contributed by atoms with Gasteiger partial charge in [-0.25, -0.2) is 0 Å². The van der Waals surface area contributed by atoms with Crippen molar-refractivity contribution < 1.29 is 14.4 Å². The molecule has 0 aliphatic carbocycles. The molecule has 0 aliphatic heterocycles. The van der Waals surface area contributed by atoms with E-state index in [1.165, 1.54) is 20.8 Å². The Morgan fingerprint density at radius 2 is 0.889 bits per heavy atom. The van der Waals surface area contributed by atoms with E-state index >= 15 is 0 Å². The molecule has 18 heavy (non-hydrogen) atoms. The van der Waals surface area contributed by atoms with Gasteiger partial charge in [0, 0.05) is 19.3 Å². The van der Waals surface area contributed by atoms with Crippen LogP contribution in [0.2, 0.25) is 0 Å². The van der Waals surface area contributed by atoms with Crippen molar-refractivity contribution in [3.63, 3.8) is 0 Å². The molecule has 1 aromatic carbocycles. The number of hydrogen-bond donors (Lipinski definition) is 0. The number of benzene rings is 1. The molecule has 3 heteroatoms. The average molecular weight is 246 g/mol. The summed E-state index contributed by atoms with van der Waals surface area (Å²) in [5.74, 6) is 0.219. The second-order valence-corrected chi connectivity index (χ2v) is 4.79. The van der Waals surface area contributed by atoms with Crippen LogP contribution in [0.1, 0.15) is 37.5 Å². The second-order valence-electron chi connectivity index (χ2n) is 4.79. The third-order valence-electron chi connectivity index (χ3n) is 2.47. The smallest absolute Gasteiger partial charge is 0.134 e. The Hall–Kier alpha value is -1.77. The van der Waals surface area contributed by atoms with Crippen molar-refractivity contribution in [3.8, 4) is 0 Å². The lowest BCUT2D eigenvalue weighted by Crippen LogP contribution is -2.04. The Kier molecular flexibility index (Phi) is 4.95. The average Bonchev–Trinajstić information content (AvgIpc) is 2.12. The molecular weight excluding hydrogens is 228 g/mol. The van der Waals surface area contributed by atoms with Gasteiger partial charge in [-0.2, -0.15) is 0 Å². The van der Waals surface area contributed by atoms with Crippen molar-refractivity contribution in [3.05, 3.63) is 34.9 Å². The van der Waals surface area contributed by atoms with Crippen molar-refractivity contribution in [2.24, 2.45) is 0 Å². The second kappa shape index (κ2) is 6.24. The predicted octanol–water partition coefficient (Wildman–Crippen LogP) is 2.08. The SMILES string of the molecule is CC(=O)Cc1cc(CC(C)=O)cc(CC(C)=O)c1. The van der Waals surface area contributed by atoms with Gasteiger partial charge in [-0.3, -0.25) is 14.4 Å². The molecule has 0 saturated heterocycles. The van der Waals surface area contributed by atoms with Crippen molar-refractivity contribution in [1.29, 1.82) is 0 Å². The maximum absolute atomic E-state index is 11.1. The number of carbonyl (C=O) groups excluding carboxylic acids is 3. The molecule has 3 nitrogen and oxygen atoms in total. The third kappa shape index (κ3) is 5.04. The maximum Gasteiger partial charge on any atom is 0.134 e. The van der Waals surface area contributed by atoms with Crippen LogP contribution in [0.4, 0.5) is 0 Å². The number of carbonyl (C=O) groups is 3. The highest BCUT2D eigenvalue weighted by Crippen LogP contribution is 2.13. The summed E-state index contributed by atoms with van der Waals surface area (Å²) in [4.78, 5) is 33.4. The van der Waals surface area contributed by atoms with E-state index in [4.69, 9.17) is 0 Å². The fourth-order valence-corrected chi connectivity index (χ4v) is 2.01. The molecule has 0 unspecified atom stereocenters. The monoisotopic (exact) mass is 246 g/mol. The Labute approximate surface area is 107 Å². The third-order valence-corrected chi connectivity index (χ3v) is 2.47. The predicted molar refractivity (Wildman–Crippen MR) is 69.6 cm³/mol. The first-order chi connectivity index (χ1) is 8.36. The largest absolute Gasteiger partial charge is 0.300 e. The lowest BCUT2D eigenvalue weighted by atomic mass is 9.97. The molecule has 0 radical (unpaired) electrons. The standard InChI is InChI=1S/C15H18O3/c1-10(16)4-13-7-14(5-11(2)17)9-15(8-13)6-12(3)18/h7-9H,4-6H2,1-3H3. The van der Waals surface area contributed by atoms with Crippen LogP contribution >= 0.6 is 0 Å². The van der Waals surface area contributed by atoms with E-state index in [2.05, 4.69) is 0 Å². The molecule has 0 fully saturated rings. The Morgan fingerprint density at radius 3 is 1.06 bits per heavy atom. The van der Waals surface area contributed by atoms with Crippen molar-refractivity contribution in [2.75, 3.05) is 0 Å². The van der Waals surface area contributed by atoms with Gasteiger partial charge in [-0.15, -0.1) is 0 Å². The zero-order valence-corrected chi connectivity index (χ0v) is 11.1. The number of Topliss-reactive ketones (excluding diaryl/α,β-unsaturated/α-hetero) is 3. The first-order valence-electron chi connectivity index (χ1n) is 5.97. The van der Waals surface area contributed by atoms with Crippen LogP contribution in [0, 0.1) is 0 Å². The maximum atomic E-state index is 11.1. The Balaban J connectivity index is 3.06. The lowest BCUT2D eigenvalue weighted by molar-refractivity contribution is -0.117. The molecular formula is C15H18O3. The molecule has 0 spiro atoms. The van der Waals surface area contributed by atoms with E-state index in [0.717, 1.165) is 16.7 Å². The van der Waals surface area contributed by atoms with E-state index in [9.17, 15) is 14.4 Å². The highest BCUT2D eigenvalue weighted by molar-refractivity contribution is 5.81. The van der Waals surface area contributed by atoms with Gasteiger partial charge in [0.05, 0.1) is 0 Å². The first kappa shape index (κ1) is 14.3. The summed E-state index contributed by atoms with van der Waals surface area (Å²) >= 11 is 0. The summed E-state index contributed by atoms with van der Waals surface area (Å²) in [6, 6.07) is 5.60. The Morgan fingerprint density at radius 1 is 0.667 bits per heavy atom. The fourth-order valence-electron chi connectivity index (χ4n) is 2.01. The van der Waals surface area contributed by atoms with Crippen LogP contribution in [-0.4, -0.2) is 17.3 Å². The van der Waals surface area contributed by atoms with E-state index in [0.29, 0.717) is 19.3 Å². The molecule has 0 aliphatic rings. The molecule has 1 rings (SSSR count). The first-order valence-corrected chi connectivity index (χ1v) is 5.97. The zero-order chi connectivity index (χ0) is 13.7. The molecule has 96 valence electrons. The van der Waals surface area contributed by atoms with Crippen LogP contribution in [-0.2, 0) is 33.6 Å². The molecule has 0 saturated carbocycles. The van der Waals surface area contributed by atoms with Gasteiger partial charge in [0.25, 0.3) is 0 Å². The summed E-state index contributed by atoms with van der Waals surface area (Å²) in [5, 5.41) is 0. The molecule has 0 heterocycles. The molecule has 0 aromatic heterocycles. The quantitative estimate of drug-likeness (QED) is 0.772. The minimum atomic E-state index is 0.0729. The van der Waals surface area contributed by atoms with Gasteiger partial charge in [0.1, 0.15) is 17.3 Å². The van der Waals surface area contributed by atoms with Crippen molar-refractivity contribution in [1.82, 2.24) is 0 Å². The van der Waals surface area contributed by atoms with Crippen LogP contribution in [0.3, 0.4) is 0 Å². The van der Waals surface area contributed by atoms with Crippen molar-refractivity contribution >= 4 is 17.3 Å². The van der Waals surface area contributed by atoms with Gasteiger partial charge >= 0.3 is 0 Å². The fraction of sp³-hybridized carbons (Fsp3) is 0.400. The highest BCUT2D eigenvalue weighted by Gasteiger charge is 2.07. The van der Waals surface area contributed by atoms with E-state index in [1.807, 2.05) is 18.2 Å². The van der Waals surface area contributed by atoms with Gasteiger partial charge in [0.15, 0.2) is 0 Å². The summed E-state index contributed by atoms with van der Waals surface area (Å²) in [5.41, 5.74) is 2.62. The molecule has 0 amide bonds. The summed E-state index contributed by atoms with van der Waals surface area (Å²) < 4.78 is 0. The van der Waals surface area contributed by atoms with E-state index in [-0.39, 0.29) is 17.3 Å². The van der Waals surface area contributed by atoms with Gasteiger partial charge in [0.2, 0.25) is 0 Å². The molecule has 0 atom stereocenters. The molecule has 0 bridgehead atoms. The minimum Gasteiger partial charge on any atom is -0.300 e. The van der Waals surface area contributed by atoms with Crippen molar-refractivity contribution in [2.45, 2.75) is 40.0 Å². The summed E-state index contributed by atoms with van der Waals surface area (Å²) in [6.07, 6.45) is 1.03.